The largest absolute Gasteiger partial charge is 0.371 e. The van der Waals surface area contributed by atoms with Gasteiger partial charge in [-0.2, -0.15) is 5.10 Å². The van der Waals surface area contributed by atoms with Gasteiger partial charge in [-0.05, 0) is 30.4 Å². The Labute approximate surface area is 155 Å². The first-order valence-corrected chi connectivity index (χ1v) is 9.55. The molecule has 1 heterocycles. The fourth-order valence-electron chi connectivity index (χ4n) is 3.47. The van der Waals surface area contributed by atoms with Crippen LogP contribution in [0.1, 0.15) is 67.2 Å². The van der Waals surface area contributed by atoms with E-state index in [1.807, 2.05) is 31.3 Å². The average molecular weight is 355 g/mol. The quantitative estimate of drug-likeness (QED) is 0.857. The highest BCUT2D eigenvalue weighted by Gasteiger charge is 2.28. The standard InChI is InChI=1S/C21H29N3O2/c1-15(2)18-13-19(24(3)23-18)21(25)22-17-11-7-8-12-20(17)26-14-16-9-5-4-6-10-16/h4-6,9-10,13,15,17,20H,7-8,11-12,14H2,1-3H3,(H,22,25)/t17-,20-/m1/s1. The molecule has 1 aliphatic carbocycles. The molecule has 0 spiro atoms. The predicted octanol–water partition coefficient (Wildman–Crippen LogP) is 3.80. The molecule has 0 unspecified atom stereocenters. The van der Waals surface area contributed by atoms with Crippen molar-refractivity contribution in [3.8, 4) is 0 Å². The predicted molar refractivity (Wildman–Crippen MR) is 102 cm³/mol. The molecule has 1 saturated carbocycles. The van der Waals surface area contributed by atoms with Crippen LogP contribution in [0.4, 0.5) is 0 Å². The molecule has 0 radical (unpaired) electrons. The van der Waals surface area contributed by atoms with Crippen LogP contribution in [-0.2, 0) is 18.4 Å². The van der Waals surface area contributed by atoms with Gasteiger partial charge in [0.2, 0.25) is 0 Å². The van der Waals surface area contributed by atoms with Crippen LogP contribution in [0.2, 0.25) is 0 Å². The van der Waals surface area contributed by atoms with Gasteiger partial charge in [-0.3, -0.25) is 9.48 Å². The van der Waals surface area contributed by atoms with Gasteiger partial charge in [-0.1, -0.05) is 57.0 Å². The first kappa shape index (κ1) is 18.6. The highest BCUT2D eigenvalue weighted by molar-refractivity contribution is 5.92. The molecule has 1 aromatic heterocycles. The van der Waals surface area contributed by atoms with Crippen LogP contribution in [-0.4, -0.2) is 27.8 Å². The van der Waals surface area contributed by atoms with Crippen molar-refractivity contribution in [2.45, 2.75) is 64.2 Å². The Hall–Kier alpha value is -2.14. The Bertz CT molecular complexity index is 724. The molecule has 1 aromatic carbocycles. The number of amides is 1. The van der Waals surface area contributed by atoms with E-state index in [9.17, 15) is 4.79 Å². The fourth-order valence-corrected chi connectivity index (χ4v) is 3.47. The van der Waals surface area contributed by atoms with Crippen molar-refractivity contribution in [3.63, 3.8) is 0 Å². The van der Waals surface area contributed by atoms with E-state index in [2.05, 4.69) is 36.4 Å². The van der Waals surface area contributed by atoms with E-state index in [1.165, 1.54) is 0 Å². The van der Waals surface area contributed by atoms with Crippen molar-refractivity contribution in [3.05, 3.63) is 53.3 Å². The highest BCUT2D eigenvalue weighted by atomic mass is 16.5. The van der Waals surface area contributed by atoms with E-state index in [0.29, 0.717) is 18.2 Å². The number of ether oxygens (including phenoxy) is 1. The molecular formula is C21H29N3O2. The minimum absolute atomic E-state index is 0.0531. The number of benzene rings is 1. The number of rotatable bonds is 6. The minimum atomic E-state index is -0.0629. The summed E-state index contributed by atoms with van der Waals surface area (Å²) in [6, 6.07) is 12.1. The van der Waals surface area contributed by atoms with Crippen LogP contribution in [0.5, 0.6) is 0 Å². The van der Waals surface area contributed by atoms with Crippen LogP contribution in [0.3, 0.4) is 0 Å². The maximum absolute atomic E-state index is 12.8. The van der Waals surface area contributed by atoms with Crippen LogP contribution >= 0.6 is 0 Å². The van der Waals surface area contributed by atoms with Crippen molar-refractivity contribution in [1.82, 2.24) is 15.1 Å². The lowest BCUT2D eigenvalue weighted by Crippen LogP contribution is -2.46. The van der Waals surface area contributed by atoms with E-state index in [-0.39, 0.29) is 18.1 Å². The van der Waals surface area contributed by atoms with Gasteiger partial charge < -0.3 is 10.1 Å². The summed E-state index contributed by atoms with van der Waals surface area (Å²) in [6.45, 7) is 4.75. The van der Waals surface area contributed by atoms with Crippen LogP contribution in [0, 0.1) is 0 Å². The Morgan fingerprint density at radius 1 is 1.27 bits per heavy atom. The van der Waals surface area contributed by atoms with Crippen molar-refractivity contribution < 1.29 is 9.53 Å². The molecule has 1 fully saturated rings. The summed E-state index contributed by atoms with van der Waals surface area (Å²) in [5.74, 6) is 0.242. The first-order chi connectivity index (χ1) is 12.5. The lowest BCUT2D eigenvalue weighted by atomic mass is 9.92. The molecule has 1 aliphatic rings. The first-order valence-electron chi connectivity index (χ1n) is 9.55. The SMILES string of the molecule is CC(C)c1cc(C(=O)N[C@@H]2CCCC[C@H]2OCc2ccccc2)n(C)n1. The highest BCUT2D eigenvalue weighted by Crippen LogP contribution is 2.23. The van der Waals surface area contributed by atoms with E-state index in [1.54, 1.807) is 4.68 Å². The third-order valence-electron chi connectivity index (χ3n) is 5.05. The van der Waals surface area contributed by atoms with Gasteiger partial charge in [0.05, 0.1) is 24.4 Å². The molecule has 1 N–H and O–H groups in total. The van der Waals surface area contributed by atoms with E-state index >= 15 is 0 Å². The van der Waals surface area contributed by atoms with E-state index < -0.39 is 0 Å². The molecule has 5 heteroatoms. The lowest BCUT2D eigenvalue weighted by molar-refractivity contribution is -0.00470. The maximum Gasteiger partial charge on any atom is 0.269 e. The van der Waals surface area contributed by atoms with Crippen molar-refractivity contribution in [2.75, 3.05) is 0 Å². The molecule has 0 bridgehead atoms. The summed E-state index contributed by atoms with van der Waals surface area (Å²) in [5.41, 5.74) is 2.72. The second-order valence-corrected chi connectivity index (χ2v) is 7.43. The van der Waals surface area contributed by atoms with Gasteiger partial charge in [0, 0.05) is 7.05 Å². The summed E-state index contributed by atoms with van der Waals surface area (Å²) in [4.78, 5) is 12.8. The van der Waals surface area contributed by atoms with E-state index in [0.717, 1.165) is 36.9 Å². The number of carbonyl (C=O) groups is 1. The third-order valence-corrected chi connectivity index (χ3v) is 5.05. The number of nitrogens with zero attached hydrogens (tertiary/aromatic N) is 2. The summed E-state index contributed by atoms with van der Waals surface area (Å²) in [5, 5.41) is 7.63. The molecule has 3 rings (SSSR count). The minimum Gasteiger partial charge on any atom is -0.371 e. The van der Waals surface area contributed by atoms with Gasteiger partial charge in [-0.15, -0.1) is 0 Å². The zero-order valence-electron chi connectivity index (χ0n) is 15.9. The molecule has 1 amide bonds. The zero-order valence-corrected chi connectivity index (χ0v) is 15.9. The third kappa shape index (κ3) is 4.52. The molecule has 2 aromatic rings. The summed E-state index contributed by atoms with van der Waals surface area (Å²) < 4.78 is 7.83. The van der Waals surface area contributed by atoms with Crippen LogP contribution < -0.4 is 5.32 Å². The van der Waals surface area contributed by atoms with Gasteiger partial charge >= 0.3 is 0 Å². The monoisotopic (exact) mass is 355 g/mol. The molecule has 140 valence electrons. The maximum atomic E-state index is 12.8. The molecule has 0 aliphatic heterocycles. The number of hydrogen-bond acceptors (Lipinski definition) is 3. The van der Waals surface area contributed by atoms with Crippen LogP contribution in [0.15, 0.2) is 36.4 Å². The number of aryl methyl sites for hydroxylation is 1. The summed E-state index contributed by atoms with van der Waals surface area (Å²) >= 11 is 0. The van der Waals surface area contributed by atoms with Gasteiger partial charge in [0.1, 0.15) is 5.69 Å². The number of aromatic nitrogens is 2. The number of carbonyl (C=O) groups excluding carboxylic acids is 1. The molecule has 0 saturated heterocycles. The smallest absolute Gasteiger partial charge is 0.269 e. The molecule has 26 heavy (non-hydrogen) atoms. The van der Waals surface area contributed by atoms with Gasteiger partial charge in [-0.25, -0.2) is 0 Å². The second kappa shape index (κ2) is 8.49. The molecular weight excluding hydrogens is 326 g/mol. The normalized spacial score (nSPS) is 20.3. The van der Waals surface area contributed by atoms with Crippen molar-refractivity contribution in [1.29, 1.82) is 0 Å². The Morgan fingerprint density at radius 2 is 2.00 bits per heavy atom. The number of nitrogens with one attached hydrogen (secondary N) is 1. The lowest BCUT2D eigenvalue weighted by Gasteiger charge is -2.32. The van der Waals surface area contributed by atoms with Gasteiger partial charge in [0.15, 0.2) is 0 Å². The van der Waals surface area contributed by atoms with E-state index in [4.69, 9.17) is 4.74 Å². The number of hydrogen-bond donors (Lipinski definition) is 1. The average Bonchev–Trinajstić information content (AvgIpc) is 3.04. The Kier molecular flexibility index (Phi) is 6.09. The summed E-state index contributed by atoms with van der Waals surface area (Å²) in [6.07, 6.45) is 4.28. The van der Waals surface area contributed by atoms with Gasteiger partial charge in [0.25, 0.3) is 5.91 Å². The topological polar surface area (TPSA) is 56.1 Å². The molecule has 2 atom stereocenters. The fraction of sp³-hybridized carbons (Fsp3) is 0.524. The second-order valence-electron chi connectivity index (χ2n) is 7.43. The van der Waals surface area contributed by atoms with Crippen LogP contribution in [0.25, 0.3) is 0 Å². The van der Waals surface area contributed by atoms with Crippen molar-refractivity contribution in [2.24, 2.45) is 7.05 Å². The zero-order chi connectivity index (χ0) is 18.5. The molecule has 5 nitrogen and oxygen atoms in total. The summed E-state index contributed by atoms with van der Waals surface area (Å²) in [7, 11) is 1.82. The Morgan fingerprint density at radius 3 is 2.69 bits per heavy atom. The Balaban J connectivity index is 1.63. The van der Waals surface area contributed by atoms with Crippen molar-refractivity contribution >= 4 is 5.91 Å².